The van der Waals surface area contributed by atoms with Gasteiger partial charge in [-0.05, 0) is 12.1 Å². The lowest BCUT2D eigenvalue weighted by molar-refractivity contribution is -0.384. The Bertz CT molecular complexity index is 764. The van der Waals surface area contributed by atoms with Crippen molar-refractivity contribution in [3.8, 4) is 0 Å². The third kappa shape index (κ3) is 2.90. The number of halogens is 2. The van der Waals surface area contributed by atoms with Crippen LogP contribution in [0.25, 0.3) is 6.08 Å². The number of likely N-dealkylation sites (N-methyl/N-ethyl adjacent to an activating group) is 2. The first kappa shape index (κ1) is 16.9. The van der Waals surface area contributed by atoms with E-state index in [4.69, 9.17) is 23.2 Å². The van der Waals surface area contributed by atoms with Gasteiger partial charge in [-0.25, -0.2) is 4.79 Å². The molecule has 23 heavy (non-hydrogen) atoms. The van der Waals surface area contributed by atoms with Gasteiger partial charge in [0, 0.05) is 30.7 Å². The molecule has 0 spiro atoms. The van der Waals surface area contributed by atoms with Crippen LogP contribution < -0.4 is 0 Å². The molecule has 0 saturated carbocycles. The van der Waals surface area contributed by atoms with E-state index in [0.29, 0.717) is 0 Å². The van der Waals surface area contributed by atoms with Crippen LogP contribution in [0.3, 0.4) is 0 Å². The van der Waals surface area contributed by atoms with Crippen LogP contribution in [0.4, 0.5) is 10.5 Å². The van der Waals surface area contributed by atoms with Crippen LogP contribution in [0.1, 0.15) is 5.56 Å². The van der Waals surface area contributed by atoms with Crippen molar-refractivity contribution < 1.29 is 19.3 Å². The molecule has 0 N–H and O–H groups in total. The van der Waals surface area contributed by atoms with E-state index in [9.17, 15) is 24.5 Å². The Kier molecular flexibility index (Phi) is 4.39. The van der Waals surface area contributed by atoms with Gasteiger partial charge in [0.15, 0.2) is 0 Å². The maximum atomic E-state index is 12.1. The second kappa shape index (κ2) is 5.98. The van der Waals surface area contributed by atoms with Crippen molar-refractivity contribution in [1.82, 2.24) is 9.80 Å². The summed E-state index contributed by atoms with van der Waals surface area (Å²) >= 11 is 11.7. The minimum Gasteiger partial charge on any atom is -0.268 e. The highest BCUT2D eigenvalue weighted by atomic mass is 35.5. The molecule has 8 nitrogen and oxygen atoms in total. The van der Waals surface area contributed by atoms with E-state index in [1.54, 1.807) is 0 Å². The highest BCUT2D eigenvalue weighted by Crippen LogP contribution is 2.32. The molecular formula is C13H9Cl2N3O5. The van der Waals surface area contributed by atoms with E-state index < -0.39 is 28.5 Å². The summed E-state index contributed by atoms with van der Waals surface area (Å²) in [5.74, 6) is -1.65. The highest BCUT2D eigenvalue weighted by Gasteiger charge is 2.38. The zero-order valence-corrected chi connectivity index (χ0v) is 13.4. The van der Waals surface area contributed by atoms with E-state index >= 15 is 0 Å². The molecule has 1 heterocycles. The molecule has 10 heteroatoms. The fourth-order valence-electron chi connectivity index (χ4n) is 1.93. The second-order valence-corrected chi connectivity index (χ2v) is 5.47. The predicted molar refractivity (Wildman–Crippen MR) is 82.0 cm³/mol. The van der Waals surface area contributed by atoms with Crippen molar-refractivity contribution in [2.75, 3.05) is 14.1 Å². The number of urea groups is 1. The van der Waals surface area contributed by atoms with Gasteiger partial charge in [0.1, 0.15) is 10.6 Å². The summed E-state index contributed by atoms with van der Waals surface area (Å²) in [5, 5.41) is 10.8. The number of amides is 4. The molecule has 120 valence electrons. The average molecular weight is 358 g/mol. The Balaban J connectivity index is 2.59. The number of imide groups is 2. The Morgan fingerprint density at radius 2 is 1.57 bits per heavy atom. The fourth-order valence-corrected chi connectivity index (χ4v) is 2.44. The van der Waals surface area contributed by atoms with Gasteiger partial charge in [0.2, 0.25) is 0 Å². The van der Waals surface area contributed by atoms with Crippen molar-refractivity contribution in [2.45, 2.75) is 0 Å². The molecule has 4 amide bonds. The van der Waals surface area contributed by atoms with Gasteiger partial charge in [-0.15, -0.1) is 0 Å². The highest BCUT2D eigenvalue weighted by molar-refractivity contribution is 6.37. The van der Waals surface area contributed by atoms with Gasteiger partial charge in [-0.2, -0.15) is 0 Å². The van der Waals surface area contributed by atoms with Crippen molar-refractivity contribution in [3.63, 3.8) is 0 Å². The van der Waals surface area contributed by atoms with Crippen LogP contribution >= 0.6 is 23.2 Å². The number of hydrogen-bond donors (Lipinski definition) is 0. The number of rotatable bonds is 2. The Morgan fingerprint density at radius 3 is 2.04 bits per heavy atom. The van der Waals surface area contributed by atoms with Gasteiger partial charge < -0.3 is 0 Å². The molecule has 1 saturated heterocycles. The molecule has 1 aliphatic heterocycles. The largest absolute Gasteiger partial charge is 0.333 e. The van der Waals surface area contributed by atoms with Crippen LogP contribution in [-0.4, -0.2) is 46.7 Å². The van der Waals surface area contributed by atoms with E-state index in [2.05, 4.69) is 0 Å². The lowest BCUT2D eigenvalue weighted by Gasteiger charge is -2.28. The van der Waals surface area contributed by atoms with E-state index in [1.807, 2.05) is 0 Å². The normalized spacial score (nSPS) is 15.3. The number of carbonyl (C=O) groups is 3. The van der Waals surface area contributed by atoms with Crippen LogP contribution in [-0.2, 0) is 9.59 Å². The van der Waals surface area contributed by atoms with E-state index in [-0.39, 0.29) is 21.2 Å². The molecule has 0 aromatic heterocycles. The molecule has 0 aliphatic carbocycles. The second-order valence-electron chi connectivity index (χ2n) is 4.65. The first-order chi connectivity index (χ1) is 10.6. The third-order valence-electron chi connectivity index (χ3n) is 3.21. The topological polar surface area (TPSA) is 101 Å². The first-order valence-corrected chi connectivity index (χ1v) is 6.86. The van der Waals surface area contributed by atoms with Gasteiger partial charge in [-0.1, -0.05) is 23.2 Å². The predicted octanol–water partition coefficient (Wildman–Crippen LogP) is 2.34. The number of barbiturate groups is 1. The average Bonchev–Trinajstić information content (AvgIpc) is 2.49. The van der Waals surface area contributed by atoms with E-state index in [1.165, 1.54) is 14.1 Å². The molecule has 1 fully saturated rings. The van der Waals surface area contributed by atoms with E-state index in [0.717, 1.165) is 28.0 Å². The van der Waals surface area contributed by atoms with Crippen molar-refractivity contribution in [1.29, 1.82) is 0 Å². The minimum absolute atomic E-state index is 0.0240. The zero-order chi connectivity index (χ0) is 17.5. The molecule has 1 aromatic carbocycles. The third-order valence-corrected chi connectivity index (χ3v) is 3.84. The molecule has 0 atom stereocenters. The monoisotopic (exact) mass is 357 g/mol. The maximum Gasteiger partial charge on any atom is 0.333 e. The summed E-state index contributed by atoms with van der Waals surface area (Å²) in [6.07, 6.45) is 1.09. The summed E-state index contributed by atoms with van der Waals surface area (Å²) in [7, 11) is 2.43. The van der Waals surface area contributed by atoms with Crippen molar-refractivity contribution >= 4 is 52.8 Å². The summed E-state index contributed by atoms with van der Waals surface area (Å²) in [6.45, 7) is 0. The van der Waals surface area contributed by atoms with Crippen LogP contribution in [0.2, 0.25) is 10.0 Å². The minimum atomic E-state index is -0.827. The Hall–Kier alpha value is -2.45. The lowest BCUT2D eigenvalue weighted by atomic mass is 10.1. The van der Waals surface area contributed by atoms with Crippen LogP contribution in [0.5, 0.6) is 0 Å². The summed E-state index contributed by atoms with van der Waals surface area (Å²) in [5.41, 5.74) is -0.694. The molecule has 0 radical (unpaired) electrons. The van der Waals surface area contributed by atoms with Gasteiger partial charge in [0.05, 0.1) is 4.92 Å². The van der Waals surface area contributed by atoms with Crippen molar-refractivity contribution in [2.24, 2.45) is 0 Å². The standard InChI is InChI=1S/C13H9Cl2N3O5/c1-16-11(19)7(12(20)17(2)13(16)21)3-6-4-10(18(22)23)9(15)5-8(6)14/h3-5H,1-2H3. The molecule has 1 aliphatic rings. The molecular weight excluding hydrogens is 349 g/mol. The van der Waals surface area contributed by atoms with Gasteiger partial charge in [-0.3, -0.25) is 29.5 Å². The van der Waals surface area contributed by atoms with Crippen molar-refractivity contribution in [3.05, 3.63) is 43.4 Å². The Labute approximate surface area is 140 Å². The summed E-state index contributed by atoms with van der Waals surface area (Å²) in [4.78, 5) is 47.5. The number of nitro benzene ring substituents is 1. The number of benzene rings is 1. The molecule has 0 unspecified atom stereocenters. The maximum absolute atomic E-state index is 12.1. The quantitative estimate of drug-likeness (QED) is 0.350. The zero-order valence-electron chi connectivity index (χ0n) is 11.9. The summed E-state index contributed by atoms with van der Waals surface area (Å²) < 4.78 is 0. The summed E-state index contributed by atoms with van der Waals surface area (Å²) in [6, 6.07) is 1.42. The molecule has 0 bridgehead atoms. The lowest BCUT2D eigenvalue weighted by Crippen LogP contribution is -2.52. The smallest absolute Gasteiger partial charge is 0.268 e. The Morgan fingerprint density at radius 1 is 1.04 bits per heavy atom. The molecule has 1 aromatic rings. The van der Waals surface area contributed by atoms with Crippen LogP contribution in [0.15, 0.2) is 17.7 Å². The molecule has 2 rings (SSSR count). The van der Waals surface area contributed by atoms with Crippen LogP contribution in [0, 0.1) is 10.1 Å². The fraction of sp³-hybridized carbons (Fsp3) is 0.154. The first-order valence-electron chi connectivity index (χ1n) is 6.10. The van der Waals surface area contributed by atoms with Gasteiger partial charge >= 0.3 is 6.03 Å². The SMILES string of the molecule is CN1C(=O)C(=Cc2cc([N+](=O)[O-])c(Cl)cc2Cl)C(=O)N(C)C1=O. The number of hydrogen-bond acceptors (Lipinski definition) is 5. The van der Waals surface area contributed by atoms with Gasteiger partial charge in [0.25, 0.3) is 17.5 Å². The number of nitrogens with zero attached hydrogens (tertiary/aromatic N) is 3. The number of carbonyl (C=O) groups excluding carboxylic acids is 3. The number of nitro groups is 1.